The number of anilines is 1. The van der Waals surface area contributed by atoms with E-state index >= 15 is 0 Å². The Kier molecular flexibility index (Phi) is 5.34. The summed E-state index contributed by atoms with van der Waals surface area (Å²) in [5, 5.41) is 3.01. The van der Waals surface area contributed by atoms with Crippen molar-refractivity contribution in [3.05, 3.63) is 65.2 Å². The molecule has 0 aromatic heterocycles. The molecule has 0 aliphatic heterocycles. The Morgan fingerprint density at radius 1 is 1.09 bits per heavy atom. The first kappa shape index (κ1) is 16.2. The van der Waals surface area contributed by atoms with Gasteiger partial charge in [-0.15, -0.1) is 0 Å². The lowest BCUT2D eigenvalue weighted by Gasteiger charge is -2.24. The molecular weight excluding hydrogens is 272 g/mol. The maximum absolute atomic E-state index is 12.3. The Bertz CT molecular complexity index is 637. The molecule has 0 heterocycles. The summed E-state index contributed by atoms with van der Waals surface area (Å²) in [6.45, 7) is 6.56. The number of amides is 1. The second-order valence-electron chi connectivity index (χ2n) is 5.80. The smallest absolute Gasteiger partial charge is 0.238 e. The Labute approximate surface area is 133 Å². The highest BCUT2D eigenvalue weighted by atomic mass is 16.2. The van der Waals surface area contributed by atoms with Gasteiger partial charge in [-0.3, -0.25) is 9.69 Å². The summed E-state index contributed by atoms with van der Waals surface area (Å²) in [6, 6.07) is 16.4. The molecule has 0 aliphatic carbocycles. The van der Waals surface area contributed by atoms with Crippen molar-refractivity contribution < 1.29 is 4.79 Å². The fourth-order valence-corrected chi connectivity index (χ4v) is 2.43. The first-order valence-corrected chi connectivity index (χ1v) is 7.60. The monoisotopic (exact) mass is 296 g/mol. The molecule has 2 rings (SSSR count). The van der Waals surface area contributed by atoms with Crippen molar-refractivity contribution in [3.63, 3.8) is 0 Å². The van der Waals surface area contributed by atoms with E-state index in [0.29, 0.717) is 6.54 Å². The quantitative estimate of drug-likeness (QED) is 0.906. The minimum atomic E-state index is 0.0129. The lowest BCUT2D eigenvalue weighted by atomic mass is 10.1. The van der Waals surface area contributed by atoms with E-state index in [0.717, 1.165) is 11.3 Å². The molecule has 0 spiro atoms. The van der Waals surface area contributed by atoms with Crippen LogP contribution in [0, 0.1) is 13.8 Å². The Morgan fingerprint density at radius 2 is 1.77 bits per heavy atom. The van der Waals surface area contributed by atoms with E-state index < -0.39 is 0 Å². The van der Waals surface area contributed by atoms with Crippen LogP contribution >= 0.6 is 0 Å². The number of likely N-dealkylation sites (N-methyl/N-ethyl adjacent to an activating group) is 1. The van der Waals surface area contributed by atoms with E-state index in [9.17, 15) is 4.79 Å². The molecule has 0 unspecified atom stereocenters. The van der Waals surface area contributed by atoms with Crippen LogP contribution in [0.1, 0.15) is 29.7 Å². The molecule has 116 valence electrons. The summed E-state index contributed by atoms with van der Waals surface area (Å²) in [5.74, 6) is 0.0129. The van der Waals surface area contributed by atoms with Gasteiger partial charge in [0.15, 0.2) is 0 Å². The third-order valence-corrected chi connectivity index (χ3v) is 4.21. The van der Waals surface area contributed by atoms with Gasteiger partial charge in [-0.1, -0.05) is 42.5 Å². The number of carbonyl (C=O) groups is 1. The summed E-state index contributed by atoms with van der Waals surface area (Å²) in [6.07, 6.45) is 0. The van der Waals surface area contributed by atoms with Crippen LogP contribution in [0.2, 0.25) is 0 Å². The molecule has 3 heteroatoms. The highest BCUT2D eigenvalue weighted by molar-refractivity contribution is 5.93. The van der Waals surface area contributed by atoms with Crippen molar-refractivity contribution in [2.75, 3.05) is 18.9 Å². The molecule has 1 amide bonds. The van der Waals surface area contributed by atoms with Crippen molar-refractivity contribution in [3.8, 4) is 0 Å². The lowest BCUT2D eigenvalue weighted by Crippen LogP contribution is -2.32. The highest BCUT2D eigenvalue weighted by Gasteiger charge is 2.15. The van der Waals surface area contributed by atoms with Crippen molar-refractivity contribution >= 4 is 11.6 Å². The number of hydrogen-bond donors (Lipinski definition) is 1. The number of benzene rings is 2. The second kappa shape index (κ2) is 7.23. The molecule has 3 nitrogen and oxygen atoms in total. The predicted molar refractivity (Wildman–Crippen MR) is 92.0 cm³/mol. The molecule has 0 fully saturated rings. The fourth-order valence-electron chi connectivity index (χ4n) is 2.43. The standard InChI is InChI=1S/C19H24N2O/c1-14-9-8-12-18(15(14)2)20-19(22)13-21(4)16(3)17-10-6-5-7-11-17/h5-12,16H,13H2,1-4H3,(H,20,22)/t16-/m0/s1. The van der Waals surface area contributed by atoms with Gasteiger partial charge in [0.2, 0.25) is 5.91 Å². The normalized spacial score (nSPS) is 12.2. The summed E-state index contributed by atoms with van der Waals surface area (Å²) < 4.78 is 0. The van der Waals surface area contributed by atoms with E-state index in [4.69, 9.17) is 0 Å². The molecule has 2 aromatic rings. The van der Waals surface area contributed by atoms with Crippen LogP contribution < -0.4 is 5.32 Å². The van der Waals surface area contributed by atoms with Gasteiger partial charge in [-0.2, -0.15) is 0 Å². The van der Waals surface area contributed by atoms with Crippen molar-refractivity contribution in [2.24, 2.45) is 0 Å². The first-order chi connectivity index (χ1) is 10.5. The van der Waals surface area contributed by atoms with Crippen LogP contribution in [0.15, 0.2) is 48.5 Å². The maximum atomic E-state index is 12.3. The highest BCUT2D eigenvalue weighted by Crippen LogP contribution is 2.20. The molecule has 0 radical (unpaired) electrons. The Balaban J connectivity index is 1.98. The van der Waals surface area contributed by atoms with E-state index in [1.807, 2.05) is 44.3 Å². The minimum Gasteiger partial charge on any atom is -0.325 e. The minimum absolute atomic E-state index is 0.0129. The molecule has 1 atom stereocenters. The zero-order chi connectivity index (χ0) is 16.1. The summed E-state index contributed by atoms with van der Waals surface area (Å²) in [4.78, 5) is 14.3. The number of nitrogens with one attached hydrogen (secondary N) is 1. The van der Waals surface area contributed by atoms with Crippen LogP contribution in [0.25, 0.3) is 0 Å². The van der Waals surface area contributed by atoms with Gasteiger partial charge in [0.1, 0.15) is 0 Å². The van der Waals surface area contributed by atoms with E-state index in [1.54, 1.807) is 0 Å². The first-order valence-electron chi connectivity index (χ1n) is 7.60. The molecule has 0 aliphatic rings. The van der Waals surface area contributed by atoms with Gasteiger partial charge in [0.25, 0.3) is 0 Å². The second-order valence-corrected chi connectivity index (χ2v) is 5.80. The molecule has 22 heavy (non-hydrogen) atoms. The summed E-state index contributed by atoms with van der Waals surface area (Å²) >= 11 is 0. The topological polar surface area (TPSA) is 32.3 Å². The summed E-state index contributed by atoms with van der Waals surface area (Å²) in [5.41, 5.74) is 4.41. The summed E-state index contributed by atoms with van der Waals surface area (Å²) in [7, 11) is 1.97. The zero-order valence-corrected chi connectivity index (χ0v) is 13.8. The number of nitrogens with zero attached hydrogens (tertiary/aromatic N) is 1. The number of aryl methyl sites for hydroxylation is 1. The number of hydrogen-bond acceptors (Lipinski definition) is 2. The van der Waals surface area contributed by atoms with Crippen LogP contribution in [-0.4, -0.2) is 24.4 Å². The van der Waals surface area contributed by atoms with Gasteiger partial charge >= 0.3 is 0 Å². The van der Waals surface area contributed by atoms with Crippen LogP contribution in [0.5, 0.6) is 0 Å². The van der Waals surface area contributed by atoms with E-state index in [2.05, 4.69) is 42.3 Å². The van der Waals surface area contributed by atoms with E-state index in [1.165, 1.54) is 11.1 Å². The molecule has 0 saturated carbocycles. The zero-order valence-electron chi connectivity index (χ0n) is 13.8. The van der Waals surface area contributed by atoms with Gasteiger partial charge in [-0.25, -0.2) is 0 Å². The average molecular weight is 296 g/mol. The number of rotatable bonds is 5. The molecule has 0 bridgehead atoms. The maximum Gasteiger partial charge on any atom is 0.238 e. The largest absolute Gasteiger partial charge is 0.325 e. The third kappa shape index (κ3) is 3.95. The van der Waals surface area contributed by atoms with Crippen molar-refractivity contribution in [2.45, 2.75) is 26.8 Å². The molecule has 0 saturated heterocycles. The SMILES string of the molecule is Cc1cccc(NC(=O)CN(C)[C@@H](C)c2ccccc2)c1C. The van der Waals surface area contributed by atoms with Gasteiger partial charge in [0, 0.05) is 11.7 Å². The van der Waals surface area contributed by atoms with Crippen molar-refractivity contribution in [1.82, 2.24) is 4.90 Å². The van der Waals surface area contributed by atoms with Gasteiger partial charge < -0.3 is 5.32 Å². The molecular formula is C19H24N2O. The Hall–Kier alpha value is -2.13. The van der Waals surface area contributed by atoms with Gasteiger partial charge in [0.05, 0.1) is 6.54 Å². The van der Waals surface area contributed by atoms with Crippen molar-refractivity contribution in [1.29, 1.82) is 0 Å². The van der Waals surface area contributed by atoms with Crippen LogP contribution in [0.4, 0.5) is 5.69 Å². The molecule has 2 aromatic carbocycles. The average Bonchev–Trinajstić information content (AvgIpc) is 2.52. The molecule has 1 N–H and O–H groups in total. The third-order valence-electron chi connectivity index (χ3n) is 4.21. The lowest BCUT2D eigenvalue weighted by molar-refractivity contribution is -0.117. The van der Waals surface area contributed by atoms with Crippen LogP contribution in [-0.2, 0) is 4.79 Å². The number of carbonyl (C=O) groups excluding carboxylic acids is 1. The fraction of sp³-hybridized carbons (Fsp3) is 0.316. The Morgan fingerprint density at radius 3 is 2.45 bits per heavy atom. The predicted octanol–water partition coefficient (Wildman–Crippen LogP) is 3.93. The van der Waals surface area contributed by atoms with Gasteiger partial charge in [-0.05, 0) is 50.6 Å². The van der Waals surface area contributed by atoms with Crippen LogP contribution in [0.3, 0.4) is 0 Å². The van der Waals surface area contributed by atoms with E-state index in [-0.39, 0.29) is 11.9 Å².